The molecule has 1 aliphatic heterocycles. The van der Waals surface area contributed by atoms with Crippen LogP contribution in [0.3, 0.4) is 0 Å². The van der Waals surface area contributed by atoms with Crippen LogP contribution in [0.2, 0.25) is 0 Å². The van der Waals surface area contributed by atoms with Crippen molar-refractivity contribution in [3.63, 3.8) is 0 Å². The normalized spacial score (nSPS) is 18.4. The van der Waals surface area contributed by atoms with Gasteiger partial charge >= 0.3 is 6.09 Å². The summed E-state index contributed by atoms with van der Waals surface area (Å²) in [5.74, 6) is 0.694. The van der Waals surface area contributed by atoms with Crippen LogP contribution in [0, 0.1) is 10.6 Å². The zero-order valence-corrected chi connectivity index (χ0v) is 15.5. The molecule has 1 aliphatic rings. The molecule has 0 saturated heterocycles. The fraction of sp³-hybridized carbons (Fsp3) is 0.421. The van der Waals surface area contributed by atoms with E-state index in [9.17, 15) is 15.1 Å². The van der Waals surface area contributed by atoms with E-state index in [0.717, 1.165) is 15.6 Å². The summed E-state index contributed by atoms with van der Waals surface area (Å²) in [6.45, 7) is 6.66. The van der Waals surface area contributed by atoms with E-state index in [0.29, 0.717) is 30.1 Å². The van der Waals surface area contributed by atoms with Crippen LogP contribution in [-0.2, 0) is 11.3 Å². The summed E-state index contributed by atoms with van der Waals surface area (Å²) >= 11 is 0. The number of pyridine rings is 1. The highest BCUT2D eigenvalue weighted by atomic mass is 16.5. The molecule has 1 amide bonds. The van der Waals surface area contributed by atoms with Gasteiger partial charge in [0.05, 0.1) is 29.6 Å². The van der Waals surface area contributed by atoms with Gasteiger partial charge in [-0.2, -0.15) is 4.73 Å². The number of hydrogen-bond acceptors (Lipinski definition) is 4. The predicted molar refractivity (Wildman–Crippen MR) is 99.3 cm³/mol. The zero-order valence-electron chi connectivity index (χ0n) is 15.5. The lowest BCUT2D eigenvalue weighted by molar-refractivity contribution is -0.575. The number of aromatic nitrogens is 3. The number of ether oxygens (including phenoxy) is 1. The van der Waals surface area contributed by atoms with Gasteiger partial charge in [-0.15, -0.1) is 0 Å². The zero-order chi connectivity index (χ0) is 19.3. The lowest BCUT2D eigenvalue weighted by Gasteiger charge is -2.39. The van der Waals surface area contributed by atoms with Gasteiger partial charge in [-0.25, -0.2) is 9.78 Å². The Kier molecular flexibility index (Phi) is 3.96. The first-order chi connectivity index (χ1) is 12.8. The van der Waals surface area contributed by atoms with Crippen molar-refractivity contribution in [1.29, 1.82) is 0 Å². The van der Waals surface area contributed by atoms with E-state index in [2.05, 4.69) is 10.3 Å². The first-order valence-corrected chi connectivity index (χ1v) is 8.86. The van der Waals surface area contributed by atoms with Gasteiger partial charge in [0.2, 0.25) is 11.7 Å². The third-order valence-electron chi connectivity index (χ3n) is 5.10. The number of para-hydroxylation sites is 1. The summed E-state index contributed by atoms with van der Waals surface area (Å²) in [5, 5.41) is 25.2. The second-order valence-electron chi connectivity index (χ2n) is 7.98. The Labute approximate surface area is 156 Å². The topological polar surface area (TPSA) is 103 Å². The molecule has 3 heterocycles. The Morgan fingerprint density at radius 3 is 2.89 bits per heavy atom. The van der Waals surface area contributed by atoms with Crippen molar-refractivity contribution in [2.24, 2.45) is 5.41 Å². The van der Waals surface area contributed by atoms with Gasteiger partial charge < -0.3 is 24.9 Å². The SMILES string of the molecule is CC(C)(C)C(NC(=O)O)[C@H]1COCc2nc3c[n+]([O-])c4ccccc4c3n21. The number of hydrogen-bond donors (Lipinski definition) is 2. The van der Waals surface area contributed by atoms with Crippen molar-refractivity contribution >= 4 is 28.0 Å². The van der Waals surface area contributed by atoms with Gasteiger partial charge in [0, 0.05) is 6.07 Å². The molecule has 27 heavy (non-hydrogen) atoms. The molecule has 0 bridgehead atoms. The van der Waals surface area contributed by atoms with Gasteiger partial charge in [0.1, 0.15) is 12.4 Å². The highest BCUT2D eigenvalue weighted by molar-refractivity contribution is 6.00. The monoisotopic (exact) mass is 370 g/mol. The molecule has 2 aromatic heterocycles. The molecule has 3 aromatic rings. The lowest BCUT2D eigenvalue weighted by Crippen LogP contribution is -2.51. The van der Waals surface area contributed by atoms with E-state index in [-0.39, 0.29) is 11.5 Å². The molecular formula is C19H22N4O4. The number of benzene rings is 1. The minimum Gasteiger partial charge on any atom is -0.618 e. The first kappa shape index (κ1) is 17.5. The average molecular weight is 370 g/mol. The molecule has 8 nitrogen and oxygen atoms in total. The van der Waals surface area contributed by atoms with E-state index in [1.807, 2.05) is 43.5 Å². The Morgan fingerprint density at radius 1 is 1.44 bits per heavy atom. The Balaban J connectivity index is 2.00. The molecule has 4 rings (SSSR count). The van der Waals surface area contributed by atoms with Gasteiger partial charge in [-0.1, -0.05) is 32.9 Å². The van der Waals surface area contributed by atoms with Crippen LogP contribution in [0.5, 0.6) is 0 Å². The molecule has 2 N–H and O–H groups in total. The van der Waals surface area contributed by atoms with E-state index in [4.69, 9.17) is 4.74 Å². The van der Waals surface area contributed by atoms with Crippen LogP contribution >= 0.6 is 0 Å². The Hall–Kier alpha value is -2.87. The average Bonchev–Trinajstić information content (AvgIpc) is 2.97. The van der Waals surface area contributed by atoms with Crippen molar-refractivity contribution in [3.8, 4) is 0 Å². The molecule has 1 aromatic carbocycles. The van der Waals surface area contributed by atoms with Crippen LogP contribution in [-0.4, -0.2) is 33.4 Å². The number of carboxylic acid groups (broad SMARTS) is 1. The summed E-state index contributed by atoms with van der Waals surface area (Å²) in [5.41, 5.74) is 1.62. The molecule has 0 radical (unpaired) electrons. The Morgan fingerprint density at radius 2 is 2.19 bits per heavy atom. The summed E-state index contributed by atoms with van der Waals surface area (Å²) in [7, 11) is 0. The van der Waals surface area contributed by atoms with Crippen molar-refractivity contribution in [1.82, 2.24) is 14.9 Å². The van der Waals surface area contributed by atoms with Gasteiger partial charge in [-0.3, -0.25) is 0 Å². The Bertz CT molecular complexity index is 1040. The van der Waals surface area contributed by atoms with Gasteiger partial charge in [-0.05, 0) is 11.5 Å². The van der Waals surface area contributed by atoms with Crippen LogP contribution < -0.4 is 10.0 Å². The fourth-order valence-electron chi connectivity index (χ4n) is 3.98. The maximum atomic E-state index is 12.4. The van der Waals surface area contributed by atoms with E-state index >= 15 is 0 Å². The number of nitrogens with one attached hydrogen (secondary N) is 1. The second-order valence-corrected chi connectivity index (χ2v) is 7.98. The van der Waals surface area contributed by atoms with E-state index < -0.39 is 12.1 Å². The van der Waals surface area contributed by atoms with Crippen molar-refractivity contribution < 1.29 is 19.4 Å². The number of rotatable bonds is 2. The highest BCUT2D eigenvalue weighted by Gasteiger charge is 2.39. The van der Waals surface area contributed by atoms with Crippen LogP contribution in [0.25, 0.3) is 21.9 Å². The largest absolute Gasteiger partial charge is 0.618 e. The molecule has 0 fully saturated rings. The molecule has 8 heteroatoms. The molecule has 1 unspecified atom stereocenters. The third kappa shape index (κ3) is 2.86. The molecule has 142 valence electrons. The predicted octanol–water partition coefficient (Wildman–Crippen LogP) is 2.58. The number of imidazole rings is 1. The number of nitrogens with zero attached hydrogens (tertiary/aromatic N) is 3. The molecular weight excluding hydrogens is 348 g/mol. The van der Waals surface area contributed by atoms with Crippen molar-refractivity contribution in [2.45, 2.75) is 39.5 Å². The third-order valence-corrected chi connectivity index (χ3v) is 5.10. The molecule has 2 atom stereocenters. The molecule has 0 aliphatic carbocycles. The quantitative estimate of drug-likeness (QED) is 0.533. The van der Waals surface area contributed by atoms with Gasteiger partial charge in [0.25, 0.3) is 0 Å². The number of amides is 1. The molecule has 0 spiro atoms. The summed E-state index contributed by atoms with van der Waals surface area (Å²) in [6.07, 6.45) is 0.394. The van der Waals surface area contributed by atoms with Crippen LogP contribution in [0.4, 0.5) is 4.79 Å². The maximum absolute atomic E-state index is 12.4. The first-order valence-electron chi connectivity index (χ1n) is 8.86. The lowest BCUT2D eigenvalue weighted by atomic mass is 9.82. The minimum atomic E-state index is -1.08. The fourth-order valence-corrected chi connectivity index (χ4v) is 3.98. The van der Waals surface area contributed by atoms with Gasteiger partial charge in [0.15, 0.2) is 5.52 Å². The van der Waals surface area contributed by atoms with Crippen molar-refractivity contribution in [2.75, 3.05) is 6.61 Å². The smallest absolute Gasteiger partial charge is 0.404 e. The summed E-state index contributed by atoms with van der Waals surface area (Å²) < 4.78 is 8.61. The van der Waals surface area contributed by atoms with Crippen LogP contribution in [0.15, 0.2) is 30.5 Å². The number of fused-ring (bicyclic) bond motifs is 5. The van der Waals surface area contributed by atoms with Crippen molar-refractivity contribution in [3.05, 3.63) is 41.5 Å². The minimum absolute atomic E-state index is 0.277. The maximum Gasteiger partial charge on any atom is 0.404 e. The number of carbonyl (C=O) groups is 1. The van der Waals surface area contributed by atoms with Crippen LogP contribution in [0.1, 0.15) is 32.6 Å². The highest BCUT2D eigenvalue weighted by Crippen LogP contribution is 2.36. The standard InChI is InChI=1S/C19H22N4O4/c1-19(2,3)17(21-18(24)25)14-9-27-10-15-20-12-8-22(26)13-7-5-4-6-11(13)16(12)23(14)15/h4-8,14,17,21H,9-10H2,1-3H3,(H,24,25)/t14-,17?/m1/s1. The van der Waals surface area contributed by atoms with E-state index in [1.54, 1.807) is 6.07 Å². The molecule has 0 saturated carbocycles. The van der Waals surface area contributed by atoms with E-state index in [1.165, 1.54) is 6.20 Å². The second kappa shape index (κ2) is 6.09. The summed E-state index contributed by atoms with van der Waals surface area (Å²) in [4.78, 5) is 16.0. The summed E-state index contributed by atoms with van der Waals surface area (Å²) in [6, 6.07) is 6.69.